The predicted molar refractivity (Wildman–Crippen MR) is 116 cm³/mol. The van der Waals surface area contributed by atoms with Crippen LogP contribution in [0.3, 0.4) is 0 Å². The minimum absolute atomic E-state index is 0.0229. The van der Waals surface area contributed by atoms with Gasteiger partial charge in [0.1, 0.15) is 0 Å². The molecule has 0 radical (unpaired) electrons. The maximum absolute atomic E-state index is 10.7. The van der Waals surface area contributed by atoms with E-state index in [0.29, 0.717) is 0 Å². The van der Waals surface area contributed by atoms with Crippen molar-refractivity contribution in [1.29, 1.82) is 0 Å². The first kappa shape index (κ1) is 23.9. The zero-order valence-electron chi connectivity index (χ0n) is 17.9. The number of benzene rings is 2. The van der Waals surface area contributed by atoms with Gasteiger partial charge in [-0.3, -0.25) is 0 Å². The van der Waals surface area contributed by atoms with Gasteiger partial charge in [-0.25, -0.2) is 12.8 Å². The van der Waals surface area contributed by atoms with Gasteiger partial charge in [0, 0.05) is 11.6 Å². The molecule has 2 aromatic carbocycles. The average molecular weight is 465 g/mol. The summed E-state index contributed by atoms with van der Waals surface area (Å²) in [4.78, 5) is 0. The third-order valence-corrected chi connectivity index (χ3v) is 5.67. The molecule has 0 saturated carbocycles. The summed E-state index contributed by atoms with van der Waals surface area (Å²) in [7, 11) is -6.09. The Balaban J connectivity index is 0.000000312. The molecular formula is C24H23F3O4S. The van der Waals surface area contributed by atoms with Gasteiger partial charge in [-0.1, -0.05) is 48.5 Å². The molecule has 170 valence electrons. The third-order valence-electron chi connectivity index (χ3n) is 5.10. The highest BCUT2D eigenvalue weighted by Crippen LogP contribution is 2.41. The van der Waals surface area contributed by atoms with E-state index in [1.54, 1.807) is 0 Å². The van der Waals surface area contributed by atoms with Crippen molar-refractivity contribution in [2.24, 2.45) is 0 Å². The van der Waals surface area contributed by atoms with E-state index in [4.69, 9.17) is 17.4 Å². The molecule has 0 atom stereocenters. The molecule has 4 nitrogen and oxygen atoms in total. The van der Waals surface area contributed by atoms with E-state index in [1.165, 1.54) is 27.8 Å². The van der Waals surface area contributed by atoms with Crippen molar-refractivity contribution in [3.63, 3.8) is 0 Å². The quantitative estimate of drug-likeness (QED) is 0.239. The van der Waals surface area contributed by atoms with Crippen molar-refractivity contribution >= 4 is 10.1 Å². The summed E-state index contributed by atoms with van der Waals surface area (Å²) in [5.41, 5.74) is 0.900. The fourth-order valence-electron chi connectivity index (χ4n) is 3.47. The molecule has 0 amide bonds. The SMILES string of the molecule is CC(C)(C)c1cc(-c2ccccc2)c2c([o+]1)-c1ccccc1CC2.O=S(=O)([O-])C(F)(F)F. The van der Waals surface area contributed by atoms with Crippen molar-refractivity contribution in [3.8, 4) is 22.5 Å². The van der Waals surface area contributed by atoms with Gasteiger partial charge in [0.25, 0.3) is 0 Å². The highest BCUT2D eigenvalue weighted by atomic mass is 32.2. The summed E-state index contributed by atoms with van der Waals surface area (Å²) in [5.74, 6) is 2.10. The fraction of sp³-hybridized carbons (Fsp3) is 0.292. The lowest BCUT2D eigenvalue weighted by molar-refractivity contribution is -0.0517. The molecule has 1 aromatic heterocycles. The Labute approximate surface area is 185 Å². The van der Waals surface area contributed by atoms with Gasteiger partial charge in [-0.2, -0.15) is 13.2 Å². The summed E-state index contributed by atoms with van der Waals surface area (Å²) in [6.45, 7) is 6.63. The van der Waals surface area contributed by atoms with Crippen molar-refractivity contribution in [3.05, 3.63) is 77.6 Å². The van der Waals surface area contributed by atoms with Crippen LogP contribution in [0.25, 0.3) is 22.5 Å². The molecule has 0 bridgehead atoms. The largest absolute Gasteiger partial charge is 0.741 e. The first-order valence-electron chi connectivity index (χ1n) is 9.95. The lowest BCUT2D eigenvalue weighted by atomic mass is 9.83. The fourth-order valence-corrected chi connectivity index (χ4v) is 3.47. The van der Waals surface area contributed by atoms with Gasteiger partial charge in [-0.15, -0.1) is 0 Å². The number of rotatable bonds is 1. The van der Waals surface area contributed by atoms with Crippen LogP contribution in [0.5, 0.6) is 0 Å². The Bertz CT molecular complexity index is 1190. The average Bonchev–Trinajstić information content (AvgIpc) is 2.72. The highest BCUT2D eigenvalue weighted by molar-refractivity contribution is 7.86. The zero-order chi connectivity index (χ0) is 23.7. The number of aryl methyl sites for hydroxylation is 1. The van der Waals surface area contributed by atoms with Gasteiger partial charge < -0.3 is 4.55 Å². The smallest absolute Gasteiger partial charge is 0.485 e. The molecule has 1 aliphatic carbocycles. The molecule has 0 unspecified atom stereocenters. The van der Waals surface area contributed by atoms with E-state index in [1.807, 2.05) is 0 Å². The van der Waals surface area contributed by atoms with Crippen molar-refractivity contribution < 1.29 is 30.6 Å². The lowest BCUT2D eigenvalue weighted by Crippen LogP contribution is -2.21. The van der Waals surface area contributed by atoms with Crippen LogP contribution in [0.2, 0.25) is 0 Å². The molecule has 1 heterocycles. The minimum Gasteiger partial charge on any atom is -0.741 e. The van der Waals surface area contributed by atoms with Crippen molar-refractivity contribution in [2.75, 3.05) is 0 Å². The second kappa shape index (κ2) is 8.67. The molecule has 0 spiro atoms. The van der Waals surface area contributed by atoms with Crippen LogP contribution < -0.4 is 0 Å². The molecule has 4 rings (SSSR count). The summed E-state index contributed by atoms with van der Waals surface area (Å²) >= 11 is 0. The summed E-state index contributed by atoms with van der Waals surface area (Å²) in [6.07, 6.45) is 2.11. The van der Waals surface area contributed by atoms with Crippen LogP contribution >= 0.6 is 0 Å². The van der Waals surface area contributed by atoms with E-state index in [9.17, 15) is 13.2 Å². The van der Waals surface area contributed by atoms with Crippen LogP contribution in [0.1, 0.15) is 37.7 Å². The van der Waals surface area contributed by atoms with E-state index < -0.39 is 15.6 Å². The van der Waals surface area contributed by atoms with E-state index in [0.717, 1.165) is 24.4 Å². The summed E-state index contributed by atoms with van der Waals surface area (Å²) in [6, 6.07) is 21.6. The molecular weight excluding hydrogens is 441 g/mol. The maximum Gasteiger partial charge on any atom is 0.485 e. The van der Waals surface area contributed by atoms with E-state index in [-0.39, 0.29) is 5.41 Å². The lowest BCUT2D eigenvalue weighted by Gasteiger charge is -2.18. The van der Waals surface area contributed by atoms with Crippen LogP contribution in [0, 0.1) is 0 Å². The monoisotopic (exact) mass is 464 g/mol. The number of hydrogen-bond acceptors (Lipinski definition) is 3. The van der Waals surface area contributed by atoms with Crippen LogP contribution in [0.15, 0.2) is 65.1 Å². The molecule has 1 aliphatic rings. The maximum atomic E-state index is 10.7. The first-order chi connectivity index (χ1) is 14.8. The van der Waals surface area contributed by atoms with Crippen molar-refractivity contribution in [2.45, 2.75) is 44.5 Å². The molecule has 32 heavy (non-hydrogen) atoms. The Kier molecular flexibility index (Phi) is 6.49. The molecule has 0 aliphatic heterocycles. The van der Waals surface area contributed by atoms with Gasteiger partial charge in [0.2, 0.25) is 0 Å². The Morgan fingerprint density at radius 1 is 0.875 bits per heavy atom. The molecule has 3 aromatic rings. The second-order valence-electron chi connectivity index (χ2n) is 8.51. The van der Waals surface area contributed by atoms with Gasteiger partial charge >= 0.3 is 17.0 Å². The topological polar surface area (TPSA) is 68.5 Å². The third kappa shape index (κ3) is 5.19. The number of hydrogen-bond donors (Lipinski definition) is 0. The standard InChI is InChI=1S/C23H23O.CHF3O3S/c1-23(2,3)21-15-20(16-9-5-4-6-10-16)19-14-13-17-11-7-8-12-18(17)22(19)24-21;2-1(3,4)8(5,6)7/h4-12,15H,13-14H2,1-3H3;(H,5,6,7)/q+1;/p-1. The summed E-state index contributed by atoms with van der Waals surface area (Å²) in [5, 5.41) is 0. The molecule has 0 fully saturated rings. The number of alkyl halides is 3. The predicted octanol–water partition coefficient (Wildman–Crippen LogP) is 6.34. The molecule has 8 heteroatoms. The molecule has 0 N–H and O–H groups in total. The van der Waals surface area contributed by atoms with Crippen LogP contribution in [0.4, 0.5) is 13.2 Å². The Morgan fingerprint density at radius 3 is 2.00 bits per heavy atom. The summed E-state index contributed by atoms with van der Waals surface area (Å²) < 4.78 is 65.4. The van der Waals surface area contributed by atoms with Crippen molar-refractivity contribution in [1.82, 2.24) is 0 Å². The Morgan fingerprint density at radius 2 is 1.44 bits per heavy atom. The van der Waals surface area contributed by atoms with Crippen LogP contribution in [-0.4, -0.2) is 18.5 Å². The molecule has 0 saturated heterocycles. The van der Waals surface area contributed by atoms with E-state index in [2.05, 4.69) is 81.4 Å². The Hall–Kier alpha value is -2.71. The first-order valence-corrected chi connectivity index (χ1v) is 11.4. The second-order valence-corrected chi connectivity index (χ2v) is 9.88. The number of halogens is 3. The van der Waals surface area contributed by atoms with Gasteiger partial charge in [-0.05, 0) is 50.8 Å². The van der Waals surface area contributed by atoms with E-state index >= 15 is 0 Å². The van der Waals surface area contributed by atoms with Crippen LogP contribution in [-0.2, 0) is 28.4 Å². The minimum atomic E-state index is -6.09. The highest BCUT2D eigenvalue weighted by Gasteiger charge is 2.37. The number of fused-ring (bicyclic) bond motifs is 3. The zero-order valence-corrected chi connectivity index (χ0v) is 18.7. The van der Waals surface area contributed by atoms with Gasteiger partial charge in [0.05, 0.1) is 16.5 Å². The normalized spacial score (nSPS) is 13.5. The van der Waals surface area contributed by atoms with Gasteiger partial charge in [0.15, 0.2) is 10.1 Å².